The monoisotopic (exact) mass is 680 g/mol. The van der Waals surface area contributed by atoms with Crippen molar-refractivity contribution >= 4 is 28.3 Å². The van der Waals surface area contributed by atoms with Crippen LogP contribution in [0.5, 0.6) is 11.8 Å². The predicted molar refractivity (Wildman–Crippen MR) is 153 cm³/mol. The van der Waals surface area contributed by atoms with Gasteiger partial charge in [-0.3, -0.25) is 14.3 Å². The Balaban J connectivity index is 1.48. The Kier molecular flexibility index (Phi) is 6.28. The van der Waals surface area contributed by atoms with Gasteiger partial charge in [-0.1, -0.05) is 11.6 Å². The Labute approximate surface area is 267 Å². The van der Waals surface area contributed by atoms with Crippen molar-refractivity contribution in [2.75, 3.05) is 37.6 Å². The molecule has 0 amide bonds. The molecule has 6 heterocycles. The molecular weight excluding hydrogens is 649 g/mol. The van der Waals surface area contributed by atoms with Crippen LogP contribution in [0, 0.1) is 0 Å². The number of pyridine rings is 1. The van der Waals surface area contributed by atoms with E-state index in [0.29, 0.717) is 31.0 Å². The van der Waals surface area contributed by atoms with Gasteiger partial charge in [0.2, 0.25) is 0 Å². The van der Waals surface area contributed by atoms with Crippen molar-refractivity contribution in [3.63, 3.8) is 0 Å². The van der Waals surface area contributed by atoms with Crippen molar-refractivity contribution in [2.24, 2.45) is 0 Å². The number of ether oxygens (including phenoxy) is 1. The number of phenols is 1. The van der Waals surface area contributed by atoms with Crippen molar-refractivity contribution in [2.45, 2.75) is 68.3 Å². The molecule has 0 aliphatic carbocycles. The van der Waals surface area contributed by atoms with Crippen LogP contribution < -0.4 is 20.5 Å². The molecule has 1 aromatic carbocycles. The highest BCUT2D eigenvalue weighted by Crippen LogP contribution is 2.44. The molecule has 0 saturated carbocycles. The number of aromatic nitrogens is 3. The lowest BCUT2D eigenvalue weighted by atomic mass is 9.95. The van der Waals surface area contributed by atoms with Gasteiger partial charge in [0.25, 0.3) is 5.56 Å². The minimum absolute atomic E-state index is 0.131. The van der Waals surface area contributed by atoms with E-state index < -0.39 is 100 Å². The third-order valence-electron chi connectivity index (χ3n) is 8.85. The molecule has 2 bridgehead atoms. The number of alkyl halides is 7. The summed E-state index contributed by atoms with van der Waals surface area (Å²) in [7, 11) is 0. The van der Waals surface area contributed by atoms with E-state index in [4.69, 9.17) is 21.8 Å². The molecular formula is C29H28ClF7N6O3. The molecule has 0 spiro atoms. The molecule has 9 nitrogen and oxygen atoms in total. The van der Waals surface area contributed by atoms with Crippen molar-refractivity contribution in [3.05, 3.63) is 44.8 Å². The molecule has 4 saturated heterocycles. The molecule has 0 unspecified atom stereocenters. The first-order valence-electron chi connectivity index (χ1n) is 16.4. The second-order valence-corrected chi connectivity index (χ2v) is 12.3. The van der Waals surface area contributed by atoms with Crippen molar-refractivity contribution in [3.8, 4) is 17.4 Å². The van der Waals surface area contributed by atoms with Crippen LogP contribution >= 0.6 is 11.6 Å². The number of nitrogens with one attached hydrogen (secondary N) is 1. The Bertz CT molecular complexity index is 1940. The normalized spacial score (nSPS) is 29.4. The number of fused-ring (bicyclic) bond motifs is 4. The number of benzene rings is 1. The third kappa shape index (κ3) is 5.31. The highest BCUT2D eigenvalue weighted by molar-refractivity contribution is 6.31. The van der Waals surface area contributed by atoms with E-state index in [9.17, 15) is 40.6 Å². The zero-order chi connectivity index (χ0) is 36.3. The number of anilines is 1. The zero-order valence-electron chi connectivity index (χ0n) is 27.6. The predicted octanol–water partition coefficient (Wildman–Crippen LogP) is 5.07. The van der Waals surface area contributed by atoms with Crippen LogP contribution in [0.15, 0.2) is 23.0 Å². The number of nitrogens with zero attached hydrogens (tertiary/aromatic N) is 5. The lowest BCUT2D eigenvalue weighted by Crippen LogP contribution is -2.51. The number of phenolic OH excluding ortho intramolecular Hbond substituents is 1. The minimum Gasteiger partial charge on any atom is -0.508 e. The minimum atomic E-state index is -5.45. The van der Waals surface area contributed by atoms with Gasteiger partial charge in [0.05, 0.1) is 29.9 Å². The Hall–Kier alpha value is -3.37. The van der Waals surface area contributed by atoms with Gasteiger partial charge in [-0.2, -0.15) is 36.3 Å². The fourth-order valence-corrected chi connectivity index (χ4v) is 7.26. The first-order chi connectivity index (χ1) is 23.1. The first-order valence-corrected chi connectivity index (χ1v) is 14.8. The Morgan fingerprint density at radius 1 is 1.11 bits per heavy atom. The van der Waals surface area contributed by atoms with E-state index in [1.54, 1.807) is 4.90 Å². The molecule has 2 aromatic heterocycles. The van der Waals surface area contributed by atoms with Crippen LogP contribution in [0.2, 0.25) is 5.02 Å². The lowest BCUT2D eigenvalue weighted by Gasteiger charge is -2.35. The number of piperazine rings is 1. The molecule has 4 aliphatic heterocycles. The lowest BCUT2D eigenvalue weighted by molar-refractivity contribution is -0.144. The van der Waals surface area contributed by atoms with Gasteiger partial charge in [0.15, 0.2) is 0 Å². The third-order valence-corrected chi connectivity index (χ3v) is 9.15. The van der Waals surface area contributed by atoms with E-state index in [-0.39, 0.29) is 48.4 Å². The van der Waals surface area contributed by atoms with E-state index in [1.807, 2.05) is 0 Å². The smallest absolute Gasteiger partial charge is 0.431 e. The van der Waals surface area contributed by atoms with Crippen LogP contribution in [-0.4, -0.2) is 81.0 Å². The van der Waals surface area contributed by atoms with Gasteiger partial charge >= 0.3 is 18.4 Å². The van der Waals surface area contributed by atoms with Gasteiger partial charge in [0, 0.05) is 46.9 Å². The second-order valence-electron chi connectivity index (χ2n) is 11.9. The quantitative estimate of drug-likeness (QED) is 0.361. The first kappa shape index (κ1) is 26.7. The van der Waals surface area contributed by atoms with Gasteiger partial charge in [-0.05, 0) is 44.3 Å². The van der Waals surface area contributed by atoms with Crippen molar-refractivity contribution in [1.82, 2.24) is 24.8 Å². The van der Waals surface area contributed by atoms with Crippen LogP contribution in [0.1, 0.15) is 48.8 Å². The van der Waals surface area contributed by atoms with Gasteiger partial charge < -0.3 is 20.1 Å². The summed E-state index contributed by atoms with van der Waals surface area (Å²) in [5, 5.41) is 11.7. The van der Waals surface area contributed by atoms with Gasteiger partial charge in [-0.15, -0.1) is 0 Å². The molecule has 2 N–H and O–H groups in total. The maximum absolute atomic E-state index is 14.7. The van der Waals surface area contributed by atoms with Gasteiger partial charge in [0.1, 0.15) is 35.5 Å². The molecule has 17 heteroatoms. The van der Waals surface area contributed by atoms with Crippen molar-refractivity contribution in [1.29, 1.82) is 0 Å². The zero-order valence-corrected chi connectivity index (χ0v) is 24.4. The van der Waals surface area contributed by atoms with Crippen molar-refractivity contribution < 1.29 is 46.1 Å². The molecule has 4 fully saturated rings. The summed E-state index contributed by atoms with van der Waals surface area (Å²) in [5.41, 5.74) is -9.63. The van der Waals surface area contributed by atoms with E-state index in [1.165, 1.54) is 0 Å². The summed E-state index contributed by atoms with van der Waals surface area (Å²) in [5.74, 6) is -1.26. The van der Waals surface area contributed by atoms with Crippen LogP contribution in [0.25, 0.3) is 16.6 Å². The van der Waals surface area contributed by atoms with Crippen LogP contribution in [0.4, 0.5) is 36.6 Å². The maximum atomic E-state index is 14.7. The average molecular weight is 681 g/mol. The molecule has 0 radical (unpaired) electrons. The van der Waals surface area contributed by atoms with E-state index >= 15 is 0 Å². The highest BCUT2D eigenvalue weighted by atomic mass is 35.5. The van der Waals surface area contributed by atoms with Crippen LogP contribution in [-0.2, 0) is 12.4 Å². The average Bonchev–Trinajstić information content (AvgIpc) is 3.60. The molecule has 4 aliphatic rings. The van der Waals surface area contributed by atoms with Gasteiger partial charge in [-0.25, -0.2) is 4.39 Å². The molecule has 7 rings (SSSR count). The summed E-state index contributed by atoms with van der Waals surface area (Å²) < 4.78 is 141. The fourth-order valence-electron chi connectivity index (χ4n) is 6.94. The van der Waals surface area contributed by atoms with E-state index in [0.717, 1.165) is 4.90 Å². The topological polar surface area (TPSA) is 95.8 Å². The largest absolute Gasteiger partial charge is 0.508 e. The number of hydrogen-bond acceptors (Lipinski definition) is 8. The molecule has 3 aromatic rings. The molecule has 4 atom stereocenters. The van der Waals surface area contributed by atoms with Crippen LogP contribution in [0.3, 0.4) is 0 Å². The summed E-state index contributed by atoms with van der Waals surface area (Å²) in [4.78, 5) is 24.9. The number of hydrogen-bond donors (Lipinski definition) is 2. The summed E-state index contributed by atoms with van der Waals surface area (Å²) in [6, 6.07) is 0.0184. The summed E-state index contributed by atoms with van der Waals surface area (Å²) >= 11 is 5.77. The SMILES string of the molecule is [2H]C1([2H])CC[C@@]2(C([2H])([2H])Oc3nc(N4C[C@H]5CC[C@@H](C4)N5)c4cc(C(F)(F)F)n(-c5cc(O)cc(Cl)c5C(F)(F)F)c(=O)c4n3)C[C@@H](F)CN12. The standard InChI is InChI=1S/C29H28ClF7N6O3/c30-19-6-17(44)7-20(22(19)29(35,36)37)43-21(28(32,33)34)8-18-23(25(43)45)39-26(40-24(18)41-11-15-2-3-16(12-41)38-15)46-13-27-4-1-5-42(27)10-14(31)9-27/h6-8,14-16,38,44H,1-5,9-13H2/t14-,15-,16+,27+/m1/s1/i5D2,13D2. The Morgan fingerprint density at radius 3 is 2.50 bits per heavy atom. The Morgan fingerprint density at radius 2 is 1.83 bits per heavy atom. The second kappa shape index (κ2) is 10.8. The summed E-state index contributed by atoms with van der Waals surface area (Å²) in [6.45, 7) is -5.11. The number of halogens is 8. The number of aromatic hydroxyl groups is 1. The van der Waals surface area contributed by atoms with E-state index in [2.05, 4.69) is 15.3 Å². The molecule has 248 valence electrons. The highest BCUT2D eigenvalue weighted by Gasteiger charge is 2.49. The fraction of sp³-hybridized carbons (Fsp3) is 0.552. The number of rotatable bonds is 5. The summed E-state index contributed by atoms with van der Waals surface area (Å²) in [6.07, 6.45) is -11.9. The molecule has 46 heavy (non-hydrogen) atoms. The maximum Gasteiger partial charge on any atom is 0.431 e.